The zero-order valence-electron chi connectivity index (χ0n) is 10.8. The third kappa shape index (κ3) is 3.66. The Morgan fingerprint density at radius 2 is 2.33 bits per heavy atom. The topological polar surface area (TPSA) is 71.4 Å². The number of aryl methyl sites for hydroxylation is 2. The normalized spacial score (nSPS) is 10.9. The molecule has 2 aromatic rings. The van der Waals surface area contributed by atoms with Gasteiger partial charge < -0.3 is 9.88 Å². The number of aromatic nitrogens is 5. The van der Waals surface area contributed by atoms with Gasteiger partial charge in [0.15, 0.2) is 0 Å². The van der Waals surface area contributed by atoms with Crippen molar-refractivity contribution >= 4 is 0 Å². The standard InChI is InChI=1S/C12H20N6/c1-2-7-18-8-6-14-12(18)9-13-5-3-4-11-15-10-16-17-11/h6,8,10,13H,2-5,7,9H2,1H3,(H,15,16,17). The first-order valence-corrected chi connectivity index (χ1v) is 6.45. The average molecular weight is 248 g/mol. The predicted octanol–water partition coefficient (Wildman–Crippen LogP) is 1.13. The van der Waals surface area contributed by atoms with Crippen LogP contribution in [-0.4, -0.2) is 31.3 Å². The lowest BCUT2D eigenvalue weighted by Crippen LogP contribution is -2.18. The van der Waals surface area contributed by atoms with E-state index in [1.54, 1.807) is 6.33 Å². The van der Waals surface area contributed by atoms with Crippen molar-refractivity contribution in [2.45, 2.75) is 39.3 Å². The van der Waals surface area contributed by atoms with Crippen molar-refractivity contribution < 1.29 is 0 Å². The van der Waals surface area contributed by atoms with Crippen LogP contribution in [0.5, 0.6) is 0 Å². The van der Waals surface area contributed by atoms with E-state index in [4.69, 9.17) is 0 Å². The maximum atomic E-state index is 4.35. The lowest BCUT2D eigenvalue weighted by atomic mass is 10.3. The lowest BCUT2D eigenvalue weighted by Gasteiger charge is -2.07. The fourth-order valence-electron chi connectivity index (χ4n) is 1.88. The van der Waals surface area contributed by atoms with Crippen LogP contribution in [0.1, 0.15) is 31.4 Å². The molecule has 6 nitrogen and oxygen atoms in total. The smallest absolute Gasteiger partial charge is 0.137 e. The van der Waals surface area contributed by atoms with Crippen molar-refractivity contribution in [1.82, 2.24) is 30.0 Å². The largest absolute Gasteiger partial charge is 0.334 e. The first-order chi connectivity index (χ1) is 8.90. The second-order valence-electron chi connectivity index (χ2n) is 4.25. The fourth-order valence-corrected chi connectivity index (χ4v) is 1.88. The molecule has 0 aliphatic heterocycles. The summed E-state index contributed by atoms with van der Waals surface area (Å²) in [5, 5.41) is 10.1. The van der Waals surface area contributed by atoms with Crippen LogP contribution >= 0.6 is 0 Å². The van der Waals surface area contributed by atoms with Crippen molar-refractivity contribution in [2.75, 3.05) is 6.54 Å². The van der Waals surface area contributed by atoms with Gasteiger partial charge in [0.25, 0.3) is 0 Å². The van der Waals surface area contributed by atoms with E-state index in [-0.39, 0.29) is 0 Å². The quantitative estimate of drug-likeness (QED) is 0.687. The van der Waals surface area contributed by atoms with Gasteiger partial charge in [-0.05, 0) is 19.4 Å². The molecule has 2 aromatic heterocycles. The molecule has 18 heavy (non-hydrogen) atoms. The Morgan fingerprint density at radius 3 is 3.11 bits per heavy atom. The molecule has 0 fully saturated rings. The van der Waals surface area contributed by atoms with E-state index in [2.05, 4.69) is 37.0 Å². The van der Waals surface area contributed by atoms with Crippen molar-refractivity contribution in [3.8, 4) is 0 Å². The Morgan fingerprint density at radius 1 is 1.39 bits per heavy atom. The molecular weight excluding hydrogens is 228 g/mol. The molecule has 2 rings (SSSR count). The summed E-state index contributed by atoms with van der Waals surface area (Å²) in [5.74, 6) is 2.06. The van der Waals surface area contributed by atoms with Gasteiger partial charge in [-0.25, -0.2) is 9.97 Å². The van der Waals surface area contributed by atoms with Crippen molar-refractivity contribution in [2.24, 2.45) is 0 Å². The first kappa shape index (κ1) is 12.8. The Labute approximate surface area is 107 Å². The number of hydrogen-bond donors (Lipinski definition) is 2. The summed E-state index contributed by atoms with van der Waals surface area (Å²) in [6.07, 6.45) is 8.55. The van der Waals surface area contributed by atoms with Gasteiger partial charge in [-0.1, -0.05) is 6.92 Å². The summed E-state index contributed by atoms with van der Waals surface area (Å²) in [6, 6.07) is 0. The van der Waals surface area contributed by atoms with Crippen molar-refractivity contribution in [1.29, 1.82) is 0 Å². The minimum Gasteiger partial charge on any atom is -0.334 e. The molecule has 0 amide bonds. The highest BCUT2D eigenvalue weighted by atomic mass is 15.2. The molecule has 0 atom stereocenters. The maximum Gasteiger partial charge on any atom is 0.137 e. The maximum absolute atomic E-state index is 4.35. The van der Waals surface area contributed by atoms with E-state index < -0.39 is 0 Å². The molecular formula is C12H20N6. The molecule has 0 unspecified atom stereocenters. The Balaban J connectivity index is 1.64. The third-order valence-corrected chi connectivity index (χ3v) is 2.78. The zero-order chi connectivity index (χ0) is 12.6. The number of H-pyrrole nitrogens is 1. The zero-order valence-corrected chi connectivity index (χ0v) is 10.8. The van der Waals surface area contributed by atoms with Gasteiger partial charge in [-0.2, -0.15) is 5.10 Å². The van der Waals surface area contributed by atoms with Crippen LogP contribution in [0.15, 0.2) is 18.7 Å². The Kier molecular flexibility index (Phi) is 4.89. The summed E-state index contributed by atoms with van der Waals surface area (Å²) < 4.78 is 2.20. The molecule has 6 heteroatoms. The van der Waals surface area contributed by atoms with Crippen LogP contribution in [0.25, 0.3) is 0 Å². The monoisotopic (exact) mass is 248 g/mol. The Hall–Kier alpha value is -1.69. The van der Waals surface area contributed by atoms with E-state index >= 15 is 0 Å². The molecule has 0 bridgehead atoms. The number of aromatic amines is 1. The molecule has 2 N–H and O–H groups in total. The average Bonchev–Trinajstić information content (AvgIpc) is 3.01. The predicted molar refractivity (Wildman–Crippen MR) is 68.9 cm³/mol. The van der Waals surface area contributed by atoms with Gasteiger partial charge in [0, 0.05) is 25.4 Å². The van der Waals surface area contributed by atoms with Gasteiger partial charge in [0.1, 0.15) is 18.0 Å². The summed E-state index contributed by atoms with van der Waals surface area (Å²) in [4.78, 5) is 8.45. The first-order valence-electron chi connectivity index (χ1n) is 6.45. The van der Waals surface area contributed by atoms with Crippen molar-refractivity contribution in [3.63, 3.8) is 0 Å². The second kappa shape index (κ2) is 6.90. The van der Waals surface area contributed by atoms with E-state index in [0.717, 1.165) is 50.5 Å². The fraction of sp³-hybridized carbons (Fsp3) is 0.583. The molecule has 0 radical (unpaired) electrons. The van der Waals surface area contributed by atoms with Gasteiger partial charge in [0.2, 0.25) is 0 Å². The van der Waals surface area contributed by atoms with E-state index in [9.17, 15) is 0 Å². The summed E-state index contributed by atoms with van der Waals surface area (Å²) in [5.41, 5.74) is 0. The van der Waals surface area contributed by atoms with Gasteiger partial charge in [-0.3, -0.25) is 5.10 Å². The summed E-state index contributed by atoms with van der Waals surface area (Å²) in [6.45, 7) is 4.99. The van der Waals surface area contributed by atoms with E-state index in [1.807, 2.05) is 12.4 Å². The van der Waals surface area contributed by atoms with Crippen LogP contribution in [0, 0.1) is 0 Å². The van der Waals surface area contributed by atoms with E-state index in [1.165, 1.54) is 0 Å². The van der Waals surface area contributed by atoms with Crippen LogP contribution in [0.3, 0.4) is 0 Å². The minimum absolute atomic E-state index is 0.823. The number of rotatable bonds is 8. The number of imidazole rings is 1. The number of hydrogen-bond acceptors (Lipinski definition) is 4. The van der Waals surface area contributed by atoms with E-state index in [0.29, 0.717) is 0 Å². The van der Waals surface area contributed by atoms with Gasteiger partial charge in [0.05, 0.1) is 6.54 Å². The molecule has 0 saturated carbocycles. The molecule has 98 valence electrons. The highest BCUT2D eigenvalue weighted by molar-refractivity contribution is 4.91. The SMILES string of the molecule is CCCn1ccnc1CNCCCc1ncn[nH]1. The molecule has 0 aliphatic carbocycles. The second-order valence-corrected chi connectivity index (χ2v) is 4.25. The molecule has 2 heterocycles. The molecule has 0 aromatic carbocycles. The number of nitrogens with one attached hydrogen (secondary N) is 2. The summed E-state index contributed by atoms with van der Waals surface area (Å²) >= 11 is 0. The van der Waals surface area contributed by atoms with Crippen LogP contribution in [0.4, 0.5) is 0 Å². The van der Waals surface area contributed by atoms with Crippen molar-refractivity contribution in [3.05, 3.63) is 30.4 Å². The minimum atomic E-state index is 0.823. The third-order valence-electron chi connectivity index (χ3n) is 2.78. The molecule has 0 spiro atoms. The highest BCUT2D eigenvalue weighted by Gasteiger charge is 2.01. The number of nitrogens with zero attached hydrogens (tertiary/aromatic N) is 4. The molecule has 0 saturated heterocycles. The van der Waals surface area contributed by atoms with Crippen LogP contribution in [-0.2, 0) is 19.5 Å². The lowest BCUT2D eigenvalue weighted by molar-refractivity contribution is 0.575. The molecule has 0 aliphatic rings. The van der Waals surface area contributed by atoms with Crippen LogP contribution < -0.4 is 5.32 Å². The summed E-state index contributed by atoms with van der Waals surface area (Å²) in [7, 11) is 0. The highest BCUT2D eigenvalue weighted by Crippen LogP contribution is 1.99. The van der Waals surface area contributed by atoms with Gasteiger partial charge >= 0.3 is 0 Å². The van der Waals surface area contributed by atoms with Gasteiger partial charge in [-0.15, -0.1) is 0 Å². The Bertz CT molecular complexity index is 433. The van der Waals surface area contributed by atoms with Crippen LogP contribution in [0.2, 0.25) is 0 Å².